The summed E-state index contributed by atoms with van der Waals surface area (Å²) in [5.41, 5.74) is 0. The molecule has 0 saturated carbocycles. The summed E-state index contributed by atoms with van der Waals surface area (Å²) < 4.78 is 0.747. The van der Waals surface area contributed by atoms with Crippen LogP contribution in [0.1, 0.15) is 26.2 Å². The molecule has 0 amide bonds. The molecule has 1 aliphatic rings. The maximum atomic E-state index is 10.8. The van der Waals surface area contributed by atoms with Gasteiger partial charge >= 0.3 is 5.97 Å². The largest absolute Gasteiger partial charge is 0.480 e. The Bertz CT molecular complexity index is 227. The Kier molecular flexibility index (Phi) is 4.68. The van der Waals surface area contributed by atoms with Crippen LogP contribution in [0, 0.1) is 0 Å². The maximum Gasteiger partial charge on any atom is 0.317 e. The predicted molar refractivity (Wildman–Crippen MR) is 62.7 cm³/mol. The van der Waals surface area contributed by atoms with Crippen LogP contribution in [0.25, 0.3) is 0 Å². The van der Waals surface area contributed by atoms with Gasteiger partial charge in [0.25, 0.3) is 0 Å². The third kappa shape index (κ3) is 3.13. The van der Waals surface area contributed by atoms with Gasteiger partial charge in [0.2, 0.25) is 0 Å². The lowest BCUT2D eigenvalue weighted by atomic mass is 10.3. The highest BCUT2D eigenvalue weighted by atomic mass is 32.2. The fraction of sp³-hybridized carbons (Fsp3) is 0.778. The van der Waals surface area contributed by atoms with Crippen molar-refractivity contribution in [2.45, 2.75) is 31.4 Å². The molecule has 0 bridgehead atoms. The molecule has 0 aromatic heterocycles. The normalized spacial score (nSPS) is 18.2. The van der Waals surface area contributed by atoms with Gasteiger partial charge in [0.1, 0.15) is 9.57 Å². The molecule has 0 aromatic rings. The minimum Gasteiger partial charge on any atom is -0.480 e. The molecule has 1 rings (SSSR count). The van der Waals surface area contributed by atoms with Gasteiger partial charge < -0.3 is 10.0 Å². The predicted octanol–water partition coefficient (Wildman–Crippen LogP) is 1.96. The molecule has 1 unspecified atom stereocenters. The van der Waals surface area contributed by atoms with Gasteiger partial charge in [-0.05, 0) is 19.3 Å². The van der Waals surface area contributed by atoms with E-state index in [0.29, 0.717) is 6.42 Å². The average molecular weight is 233 g/mol. The van der Waals surface area contributed by atoms with Crippen LogP contribution < -0.4 is 0 Å². The van der Waals surface area contributed by atoms with Crippen molar-refractivity contribution in [3.63, 3.8) is 0 Å². The van der Waals surface area contributed by atoms with Gasteiger partial charge in [0.05, 0.1) is 0 Å². The van der Waals surface area contributed by atoms with Crippen molar-refractivity contribution in [2.24, 2.45) is 0 Å². The summed E-state index contributed by atoms with van der Waals surface area (Å²) in [7, 11) is 0. The Morgan fingerprint density at radius 2 is 2.14 bits per heavy atom. The Labute approximate surface area is 93.9 Å². The number of hydrogen-bond donors (Lipinski definition) is 1. The molecule has 0 spiro atoms. The topological polar surface area (TPSA) is 40.5 Å². The lowest BCUT2D eigenvalue weighted by Gasteiger charge is -2.19. The molecule has 1 saturated heterocycles. The number of carboxylic acid groups (broad SMARTS) is 1. The Morgan fingerprint density at radius 1 is 1.57 bits per heavy atom. The van der Waals surface area contributed by atoms with Crippen LogP contribution in [0.4, 0.5) is 0 Å². The van der Waals surface area contributed by atoms with Crippen molar-refractivity contribution in [2.75, 3.05) is 13.1 Å². The Balaban J connectivity index is 2.41. The first kappa shape index (κ1) is 11.8. The SMILES string of the molecule is CCC(SC(=S)N1CCCC1)C(=O)O. The van der Waals surface area contributed by atoms with Crippen LogP contribution in [0.5, 0.6) is 0 Å². The second-order valence-corrected chi connectivity index (χ2v) is 5.15. The van der Waals surface area contributed by atoms with Gasteiger partial charge in [-0.1, -0.05) is 30.9 Å². The van der Waals surface area contributed by atoms with E-state index in [1.807, 2.05) is 6.92 Å². The summed E-state index contributed by atoms with van der Waals surface area (Å²) in [5, 5.41) is 8.48. The molecule has 0 aromatic carbocycles. The maximum absolute atomic E-state index is 10.8. The number of nitrogens with zero attached hydrogens (tertiary/aromatic N) is 1. The summed E-state index contributed by atoms with van der Waals surface area (Å²) in [6, 6.07) is 0. The highest BCUT2D eigenvalue weighted by Gasteiger charge is 2.22. The molecule has 1 N–H and O–H groups in total. The van der Waals surface area contributed by atoms with E-state index in [-0.39, 0.29) is 5.25 Å². The second kappa shape index (κ2) is 5.56. The first-order valence-corrected chi connectivity index (χ1v) is 6.12. The van der Waals surface area contributed by atoms with Gasteiger partial charge in [-0.15, -0.1) is 0 Å². The molecule has 1 fully saturated rings. The van der Waals surface area contributed by atoms with E-state index >= 15 is 0 Å². The highest BCUT2D eigenvalue weighted by molar-refractivity contribution is 8.23. The number of carbonyl (C=O) groups is 1. The minimum atomic E-state index is -0.765. The van der Waals surface area contributed by atoms with Crippen LogP contribution in [-0.2, 0) is 4.79 Å². The van der Waals surface area contributed by atoms with Crippen molar-refractivity contribution in [3.05, 3.63) is 0 Å². The first-order valence-electron chi connectivity index (χ1n) is 4.83. The zero-order chi connectivity index (χ0) is 10.6. The first-order chi connectivity index (χ1) is 6.65. The van der Waals surface area contributed by atoms with Gasteiger partial charge in [-0.25, -0.2) is 0 Å². The fourth-order valence-electron chi connectivity index (χ4n) is 1.40. The average Bonchev–Trinajstić information content (AvgIpc) is 2.65. The Hall–Kier alpha value is -0.290. The molecular weight excluding hydrogens is 218 g/mol. The van der Waals surface area contributed by atoms with Gasteiger partial charge in [0, 0.05) is 13.1 Å². The van der Waals surface area contributed by atoms with E-state index in [4.69, 9.17) is 17.3 Å². The molecule has 80 valence electrons. The summed E-state index contributed by atoms with van der Waals surface area (Å²) in [6.45, 7) is 3.85. The lowest BCUT2D eigenvalue weighted by Crippen LogP contribution is -2.27. The van der Waals surface area contributed by atoms with E-state index in [0.717, 1.165) is 17.4 Å². The van der Waals surface area contributed by atoms with Gasteiger partial charge in [-0.2, -0.15) is 0 Å². The summed E-state index contributed by atoms with van der Waals surface area (Å²) in [6.07, 6.45) is 2.96. The van der Waals surface area contributed by atoms with Crippen molar-refractivity contribution < 1.29 is 9.90 Å². The summed E-state index contributed by atoms with van der Waals surface area (Å²) in [4.78, 5) is 12.9. The summed E-state index contributed by atoms with van der Waals surface area (Å²) in [5.74, 6) is -0.765. The van der Waals surface area contributed by atoms with Crippen molar-refractivity contribution in [3.8, 4) is 0 Å². The number of hydrogen-bond acceptors (Lipinski definition) is 3. The molecule has 0 aliphatic carbocycles. The van der Waals surface area contributed by atoms with Crippen LogP contribution >= 0.6 is 24.0 Å². The zero-order valence-electron chi connectivity index (χ0n) is 8.23. The molecular formula is C9H15NO2S2. The number of thioether (sulfide) groups is 1. The van der Waals surface area contributed by atoms with E-state index < -0.39 is 5.97 Å². The van der Waals surface area contributed by atoms with Crippen LogP contribution in [-0.4, -0.2) is 38.6 Å². The smallest absolute Gasteiger partial charge is 0.317 e. The third-order valence-electron chi connectivity index (χ3n) is 2.25. The van der Waals surface area contributed by atoms with Gasteiger partial charge in [-0.3, -0.25) is 4.79 Å². The fourth-order valence-corrected chi connectivity index (χ4v) is 2.78. The molecule has 0 radical (unpaired) electrons. The van der Waals surface area contributed by atoms with Crippen LogP contribution in [0.3, 0.4) is 0 Å². The molecule has 1 atom stereocenters. The molecule has 1 aliphatic heterocycles. The monoisotopic (exact) mass is 233 g/mol. The number of carboxylic acids is 1. The Morgan fingerprint density at radius 3 is 2.57 bits per heavy atom. The third-order valence-corrected chi connectivity index (χ3v) is 4.08. The lowest BCUT2D eigenvalue weighted by molar-refractivity contribution is -0.136. The van der Waals surface area contributed by atoms with E-state index in [1.54, 1.807) is 0 Å². The zero-order valence-corrected chi connectivity index (χ0v) is 9.87. The van der Waals surface area contributed by atoms with E-state index in [9.17, 15) is 4.79 Å². The molecule has 5 heteroatoms. The van der Waals surface area contributed by atoms with Crippen LogP contribution in [0.15, 0.2) is 0 Å². The highest BCUT2D eigenvalue weighted by Crippen LogP contribution is 2.22. The quantitative estimate of drug-likeness (QED) is 0.755. The number of thiocarbonyl (C=S) groups is 1. The van der Waals surface area contributed by atoms with Crippen molar-refractivity contribution in [1.82, 2.24) is 4.90 Å². The molecule has 14 heavy (non-hydrogen) atoms. The summed E-state index contributed by atoms with van der Waals surface area (Å²) >= 11 is 6.51. The minimum absolute atomic E-state index is 0.386. The van der Waals surface area contributed by atoms with E-state index in [2.05, 4.69) is 4.90 Å². The number of likely N-dealkylation sites (tertiary alicyclic amines) is 1. The second-order valence-electron chi connectivity index (χ2n) is 3.31. The van der Waals surface area contributed by atoms with E-state index in [1.165, 1.54) is 24.6 Å². The number of rotatable bonds is 3. The van der Waals surface area contributed by atoms with Gasteiger partial charge in [0.15, 0.2) is 0 Å². The molecule has 1 heterocycles. The van der Waals surface area contributed by atoms with Crippen LogP contribution in [0.2, 0.25) is 0 Å². The number of aliphatic carboxylic acids is 1. The van der Waals surface area contributed by atoms with Crippen molar-refractivity contribution >= 4 is 34.3 Å². The molecule has 3 nitrogen and oxygen atoms in total. The standard InChI is InChI=1S/C9H15NO2S2/c1-2-7(8(11)12)14-9(13)10-5-3-4-6-10/h7H,2-6H2,1H3,(H,11,12). The van der Waals surface area contributed by atoms with Crippen molar-refractivity contribution in [1.29, 1.82) is 0 Å².